The van der Waals surface area contributed by atoms with Gasteiger partial charge in [0.2, 0.25) is 5.78 Å². The van der Waals surface area contributed by atoms with Crippen LogP contribution in [0.1, 0.15) is 21.7 Å². The molecule has 0 saturated carbocycles. The van der Waals surface area contributed by atoms with Gasteiger partial charge in [-0.25, -0.2) is 0 Å². The van der Waals surface area contributed by atoms with Crippen LogP contribution < -0.4 is 0 Å². The summed E-state index contributed by atoms with van der Waals surface area (Å²) in [6.45, 7) is 1.72. The van der Waals surface area contributed by atoms with Crippen molar-refractivity contribution in [3.8, 4) is 0 Å². The van der Waals surface area contributed by atoms with Crippen LogP contribution in [-0.2, 0) is 4.79 Å². The maximum absolute atomic E-state index is 11.8. The lowest BCUT2D eigenvalue weighted by Crippen LogP contribution is -2.25. The van der Waals surface area contributed by atoms with Crippen LogP contribution >= 0.6 is 11.3 Å². The summed E-state index contributed by atoms with van der Waals surface area (Å²) in [4.78, 5) is 21.9. The second-order valence-corrected chi connectivity index (χ2v) is 3.92. The number of aryl methyl sites for hydroxylation is 1. The van der Waals surface area contributed by atoms with Gasteiger partial charge in [0.05, 0.1) is 11.3 Å². The first-order valence-electron chi connectivity index (χ1n) is 3.99. The second-order valence-electron chi connectivity index (χ2n) is 3.01. The van der Waals surface area contributed by atoms with E-state index in [0.29, 0.717) is 0 Å². The van der Waals surface area contributed by atoms with Gasteiger partial charge < -0.3 is 0 Å². The van der Waals surface area contributed by atoms with Crippen molar-refractivity contribution in [3.05, 3.63) is 21.9 Å². The van der Waals surface area contributed by atoms with Crippen molar-refractivity contribution < 1.29 is 22.8 Å². The number of Topliss-reactive ketones (excluding diaryl/α,β-unsaturated/α-hetero) is 2. The molecule has 1 aromatic rings. The number of halogens is 3. The second kappa shape index (κ2) is 4.14. The average molecular weight is 236 g/mol. The van der Waals surface area contributed by atoms with Crippen molar-refractivity contribution in [2.45, 2.75) is 19.5 Å². The van der Waals surface area contributed by atoms with Crippen LogP contribution in [0.4, 0.5) is 13.2 Å². The number of carbonyl (C=O) groups excluding carboxylic acids is 2. The molecule has 0 atom stereocenters. The summed E-state index contributed by atoms with van der Waals surface area (Å²) in [5.74, 6) is -2.78. The Kier molecular flexibility index (Phi) is 3.28. The minimum Gasteiger partial charge on any atom is -0.293 e. The molecule has 0 aliphatic rings. The molecule has 0 aromatic carbocycles. The molecule has 0 fully saturated rings. The molecule has 0 bridgehead atoms. The van der Waals surface area contributed by atoms with E-state index in [1.807, 2.05) is 0 Å². The van der Waals surface area contributed by atoms with Crippen LogP contribution in [0.25, 0.3) is 0 Å². The highest BCUT2D eigenvalue weighted by molar-refractivity contribution is 7.12. The zero-order chi connectivity index (χ0) is 11.6. The van der Waals surface area contributed by atoms with Crippen molar-refractivity contribution in [2.24, 2.45) is 0 Å². The Hall–Kier alpha value is -1.17. The number of hydrogen-bond acceptors (Lipinski definition) is 3. The summed E-state index contributed by atoms with van der Waals surface area (Å²) >= 11 is 1.04. The third-order valence-corrected chi connectivity index (χ3v) is 2.73. The van der Waals surface area contributed by atoms with E-state index in [4.69, 9.17) is 0 Å². The van der Waals surface area contributed by atoms with Gasteiger partial charge in [-0.05, 0) is 23.9 Å². The molecule has 6 heteroatoms. The lowest BCUT2D eigenvalue weighted by molar-refractivity contribution is -0.170. The Morgan fingerprint density at radius 2 is 2.00 bits per heavy atom. The monoisotopic (exact) mass is 236 g/mol. The molecular weight excluding hydrogens is 229 g/mol. The number of carbonyl (C=O) groups is 2. The quantitative estimate of drug-likeness (QED) is 0.597. The molecule has 0 aliphatic carbocycles. The van der Waals surface area contributed by atoms with Gasteiger partial charge in [-0.2, -0.15) is 13.2 Å². The van der Waals surface area contributed by atoms with E-state index in [9.17, 15) is 22.8 Å². The van der Waals surface area contributed by atoms with Crippen LogP contribution in [0.15, 0.2) is 11.4 Å². The SMILES string of the molecule is Cc1csc(C(=O)CC(=O)C(F)(F)F)c1. The van der Waals surface area contributed by atoms with Crippen molar-refractivity contribution >= 4 is 22.9 Å². The number of hydrogen-bond donors (Lipinski definition) is 0. The average Bonchev–Trinajstić information content (AvgIpc) is 2.50. The predicted molar refractivity (Wildman–Crippen MR) is 49.1 cm³/mol. The van der Waals surface area contributed by atoms with Gasteiger partial charge in [-0.15, -0.1) is 11.3 Å². The predicted octanol–water partition coefficient (Wildman–Crippen LogP) is 2.76. The minimum atomic E-state index is -4.93. The highest BCUT2D eigenvalue weighted by atomic mass is 32.1. The lowest BCUT2D eigenvalue weighted by Gasteiger charge is -2.02. The first-order valence-corrected chi connectivity index (χ1v) is 4.87. The molecule has 0 spiro atoms. The van der Waals surface area contributed by atoms with Crippen LogP contribution in [0.5, 0.6) is 0 Å². The maximum atomic E-state index is 11.8. The van der Waals surface area contributed by atoms with Crippen LogP contribution in [0.3, 0.4) is 0 Å². The summed E-state index contributed by atoms with van der Waals surface area (Å²) in [6.07, 6.45) is -6.04. The topological polar surface area (TPSA) is 34.1 Å². The molecule has 0 aliphatic heterocycles. The Balaban J connectivity index is 2.69. The molecule has 15 heavy (non-hydrogen) atoms. The standard InChI is InChI=1S/C9H7F3O2S/c1-5-2-7(15-4-5)6(13)3-8(14)9(10,11)12/h2,4H,3H2,1H3. The molecule has 2 nitrogen and oxygen atoms in total. The van der Waals surface area contributed by atoms with Crippen molar-refractivity contribution in [1.82, 2.24) is 0 Å². The van der Waals surface area contributed by atoms with E-state index in [2.05, 4.69) is 0 Å². The van der Waals surface area contributed by atoms with Gasteiger partial charge in [-0.3, -0.25) is 9.59 Å². The van der Waals surface area contributed by atoms with Crippen LogP contribution in [0.2, 0.25) is 0 Å². The van der Waals surface area contributed by atoms with E-state index in [0.717, 1.165) is 16.9 Å². The number of rotatable bonds is 3. The van der Waals surface area contributed by atoms with Crippen molar-refractivity contribution in [3.63, 3.8) is 0 Å². The number of thiophene rings is 1. The van der Waals surface area contributed by atoms with E-state index in [1.54, 1.807) is 12.3 Å². The normalized spacial score (nSPS) is 11.5. The minimum absolute atomic E-state index is 0.185. The molecule has 82 valence electrons. The summed E-state index contributed by atoms with van der Waals surface area (Å²) in [6, 6.07) is 1.47. The molecule has 1 aromatic heterocycles. The van der Waals surface area contributed by atoms with Crippen LogP contribution in [-0.4, -0.2) is 17.7 Å². The fourth-order valence-electron chi connectivity index (χ4n) is 0.911. The third kappa shape index (κ3) is 3.16. The number of ketones is 2. The Morgan fingerprint density at radius 1 is 1.40 bits per heavy atom. The first kappa shape index (κ1) is 11.9. The molecule has 1 rings (SSSR count). The summed E-state index contributed by atoms with van der Waals surface area (Å²) < 4.78 is 35.5. The molecule has 0 radical (unpaired) electrons. The van der Waals surface area contributed by atoms with Gasteiger partial charge in [0.1, 0.15) is 0 Å². The summed E-state index contributed by atoms with van der Waals surface area (Å²) in [5, 5.41) is 1.64. The van der Waals surface area contributed by atoms with Gasteiger partial charge in [0.15, 0.2) is 5.78 Å². The molecule has 0 saturated heterocycles. The van der Waals surface area contributed by atoms with E-state index >= 15 is 0 Å². The highest BCUT2D eigenvalue weighted by Crippen LogP contribution is 2.21. The summed E-state index contributed by atoms with van der Waals surface area (Å²) in [5.41, 5.74) is 0.794. The largest absolute Gasteiger partial charge is 0.450 e. The van der Waals surface area contributed by atoms with Gasteiger partial charge in [-0.1, -0.05) is 0 Å². The molecule has 1 heterocycles. The van der Waals surface area contributed by atoms with E-state index in [-0.39, 0.29) is 4.88 Å². The fourth-order valence-corrected chi connectivity index (χ4v) is 1.75. The zero-order valence-electron chi connectivity index (χ0n) is 7.72. The Morgan fingerprint density at radius 3 is 2.40 bits per heavy atom. The van der Waals surface area contributed by atoms with Gasteiger partial charge in [0, 0.05) is 0 Å². The van der Waals surface area contributed by atoms with Crippen LogP contribution in [0, 0.1) is 6.92 Å². The molecule has 0 amide bonds. The third-order valence-electron chi connectivity index (χ3n) is 1.64. The highest BCUT2D eigenvalue weighted by Gasteiger charge is 2.39. The van der Waals surface area contributed by atoms with Gasteiger partial charge in [0.25, 0.3) is 0 Å². The summed E-state index contributed by atoms with van der Waals surface area (Å²) in [7, 11) is 0. The molecular formula is C9H7F3O2S. The Bertz CT molecular complexity index is 392. The smallest absolute Gasteiger partial charge is 0.293 e. The molecule has 0 N–H and O–H groups in total. The van der Waals surface area contributed by atoms with Gasteiger partial charge >= 0.3 is 6.18 Å². The lowest BCUT2D eigenvalue weighted by atomic mass is 10.1. The number of alkyl halides is 3. The molecule has 0 unspecified atom stereocenters. The van der Waals surface area contributed by atoms with E-state index < -0.39 is 24.2 Å². The Labute approximate surface area is 87.7 Å². The van der Waals surface area contributed by atoms with Crippen molar-refractivity contribution in [2.75, 3.05) is 0 Å². The zero-order valence-corrected chi connectivity index (χ0v) is 8.54. The van der Waals surface area contributed by atoms with Crippen molar-refractivity contribution in [1.29, 1.82) is 0 Å². The maximum Gasteiger partial charge on any atom is 0.450 e. The van der Waals surface area contributed by atoms with E-state index in [1.165, 1.54) is 6.07 Å². The fraction of sp³-hybridized carbons (Fsp3) is 0.333. The first-order chi connectivity index (χ1) is 6.80.